The van der Waals surface area contributed by atoms with Crippen molar-refractivity contribution in [3.05, 3.63) is 41.5 Å². The molecule has 1 heterocycles. The standard InChI is InChI=1S/C14H18N2OS/c1-18-13-5-3-2-4-12(13)14(17)16-10-11-6-8-15-9-7-11/h2-6,15H,7-10H2,1H3,(H,16,17). The highest BCUT2D eigenvalue weighted by atomic mass is 32.2. The topological polar surface area (TPSA) is 41.1 Å². The second kappa shape index (κ2) is 6.61. The van der Waals surface area contributed by atoms with E-state index in [0.29, 0.717) is 6.54 Å². The zero-order chi connectivity index (χ0) is 12.8. The monoisotopic (exact) mass is 262 g/mol. The Hall–Kier alpha value is -1.26. The van der Waals surface area contributed by atoms with Crippen molar-refractivity contribution >= 4 is 17.7 Å². The van der Waals surface area contributed by atoms with Crippen molar-refractivity contribution < 1.29 is 4.79 Å². The van der Waals surface area contributed by atoms with E-state index in [0.717, 1.165) is 30.0 Å². The first-order chi connectivity index (χ1) is 8.81. The van der Waals surface area contributed by atoms with Crippen LogP contribution in [-0.4, -0.2) is 31.8 Å². The SMILES string of the molecule is CSc1ccccc1C(=O)NCC1=CCNCC1. The van der Waals surface area contributed by atoms with E-state index in [2.05, 4.69) is 16.7 Å². The number of hydrogen-bond acceptors (Lipinski definition) is 3. The first-order valence-electron chi connectivity index (χ1n) is 6.11. The molecule has 3 nitrogen and oxygen atoms in total. The number of hydrogen-bond donors (Lipinski definition) is 2. The molecule has 1 aromatic carbocycles. The fourth-order valence-electron chi connectivity index (χ4n) is 1.95. The van der Waals surface area contributed by atoms with Crippen molar-refractivity contribution in [2.45, 2.75) is 11.3 Å². The van der Waals surface area contributed by atoms with Gasteiger partial charge in [-0.3, -0.25) is 4.79 Å². The summed E-state index contributed by atoms with van der Waals surface area (Å²) < 4.78 is 0. The van der Waals surface area contributed by atoms with Crippen molar-refractivity contribution in [2.75, 3.05) is 25.9 Å². The third-order valence-corrected chi connectivity index (χ3v) is 3.78. The van der Waals surface area contributed by atoms with Gasteiger partial charge >= 0.3 is 0 Å². The highest BCUT2D eigenvalue weighted by Crippen LogP contribution is 2.19. The molecular weight excluding hydrogens is 244 g/mol. The zero-order valence-electron chi connectivity index (χ0n) is 10.5. The summed E-state index contributed by atoms with van der Waals surface area (Å²) in [6.07, 6.45) is 5.16. The number of benzene rings is 1. The van der Waals surface area contributed by atoms with Crippen LogP contribution >= 0.6 is 11.8 Å². The summed E-state index contributed by atoms with van der Waals surface area (Å²) in [5.41, 5.74) is 2.07. The number of carbonyl (C=O) groups excluding carboxylic acids is 1. The minimum absolute atomic E-state index is 0.0133. The van der Waals surface area contributed by atoms with Crippen molar-refractivity contribution in [1.29, 1.82) is 0 Å². The Kier molecular flexibility index (Phi) is 4.84. The number of thioether (sulfide) groups is 1. The van der Waals surface area contributed by atoms with E-state index in [-0.39, 0.29) is 5.91 Å². The van der Waals surface area contributed by atoms with Crippen LogP contribution in [0.4, 0.5) is 0 Å². The van der Waals surface area contributed by atoms with E-state index in [4.69, 9.17) is 0 Å². The lowest BCUT2D eigenvalue weighted by Gasteiger charge is -2.15. The molecule has 0 aliphatic carbocycles. The molecule has 4 heteroatoms. The molecule has 0 atom stereocenters. The molecule has 0 saturated carbocycles. The Labute approximate surface area is 112 Å². The molecule has 1 aromatic rings. The molecule has 0 saturated heterocycles. The van der Waals surface area contributed by atoms with E-state index in [1.165, 1.54) is 5.57 Å². The van der Waals surface area contributed by atoms with Crippen LogP contribution in [0.3, 0.4) is 0 Å². The van der Waals surface area contributed by atoms with E-state index >= 15 is 0 Å². The first-order valence-corrected chi connectivity index (χ1v) is 7.33. The maximum Gasteiger partial charge on any atom is 0.252 e. The van der Waals surface area contributed by atoms with Crippen LogP contribution in [0.2, 0.25) is 0 Å². The van der Waals surface area contributed by atoms with Gasteiger partial charge in [-0.2, -0.15) is 0 Å². The molecule has 0 spiro atoms. The lowest BCUT2D eigenvalue weighted by atomic mass is 10.1. The molecule has 0 radical (unpaired) electrons. The molecule has 0 unspecified atom stereocenters. The van der Waals surface area contributed by atoms with Gasteiger partial charge in [0.15, 0.2) is 0 Å². The first kappa shape index (κ1) is 13.2. The number of amides is 1. The Bertz CT molecular complexity index is 457. The average molecular weight is 262 g/mol. The van der Waals surface area contributed by atoms with E-state index in [1.54, 1.807) is 11.8 Å². The van der Waals surface area contributed by atoms with Gasteiger partial charge in [-0.15, -0.1) is 11.8 Å². The van der Waals surface area contributed by atoms with Gasteiger partial charge < -0.3 is 10.6 Å². The Morgan fingerprint density at radius 2 is 2.28 bits per heavy atom. The van der Waals surface area contributed by atoms with Gasteiger partial charge in [0.25, 0.3) is 5.91 Å². The van der Waals surface area contributed by atoms with Gasteiger partial charge in [0.05, 0.1) is 5.56 Å². The Balaban J connectivity index is 1.97. The smallest absolute Gasteiger partial charge is 0.252 e. The van der Waals surface area contributed by atoms with Gasteiger partial charge in [0.1, 0.15) is 0 Å². The predicted octanol–water partition coefficient (Wildman–Crippen LogP) is 2.06. The maximum absolute atomic E-state index is 12.1. The summed E-state index contributed by atoms with van der Waals surface area (Å²) in [5.74, 6) is 0.0133. The van der Waals surface area contributed by atoms with Crippen LogP contribution in [-0.2, 0) is 0 Å². The third kappa shape index (κ3) is 3.37. The van der Waals surface area contributed by atoms with Crippen molar-refractivity contribution in [1.82, 2.24) is 10.6 Å². The highest BCUT2D eigenvalue weighted by Gasteiger charge is 2.11. The van der Waals surface area contributed by atoms with Crippen LogP contribution in [0.5, 0.6) is 0 Å². The Morgan fingerprint density at radius 3 is 3.00 bits per heavy atom. The van der Waals surface area contributed by atoms with Crippen molar-refractivity contribution in [3.63, 3.8) is 0 Å². The molecular formula is C14H18N2OS. The van der Waals surface area contributed by atoms with Crippen LogP contribution in [0.1, 0.15) is 16.8 Å². The molecule has 1 amide bonds. The zero-order valence-corrected chi connectivity index (χ0v) is 11.3. The van der Waals surface area contributed by atoms with Crippen molar-refractivity contribution in [3.8, 4) is 0 Å². The molecule has 18 heavy (non-hydrogen) atoms. The van der Waals surface area contributed by atoms with E-state index < -0.39 is 0 Å². The molecule has 96 valence electrons. The normalized spacial score (nSPS) is 15.1. The van der Waals surface area contributed by atoms with Gasteiger partial charge in [-0.1, -0.05) is 23.8 Å². The molecule has 0 bridgehead atoms. The fraction of sp³-hybridized carbons (Fsp3) is 0.357. The molecule has 2 N–H and O–H groups in total. The lowest BCUT2D eigenvalue weighted by Crippen LogP contribution is -2.29. The van der Waals surface area contributed by atoms with Crippen LogP contribution in [0, 0.1) is 0 Å². The highest BCUT2D eigenvalue weighted by molar-refractivity contribution is 7.98. The third-order valence-electron chi connectivity index (χ3n) is 2.99. The second-order valence-corrected chi connectivity index (χ2v) is 5.05. The summed E-state index contributed by atoms with van der Waals surface area (Å²) in [6, 6.07) is 7.71. The van der Waals surface area contributed by atoms with E-state index in [9.17, 15) is 4.79 Å². The molecule has 1 aliphatic heterocycles. The second-order valence-electron chi connectivity index (χ2n) is 4.20. The molecule has 0 aromatic heterocycles. The van der Waals surface area contributed by atoms with Crippen molar-refractivity contribution in [2.24, 2.45) is 0 Å². The number of rotatable bonds is 4. The van der Waals surface area contributed by atoms with E-state index in [1.807, 2.05) is 30.5 Å². The largest absolute Gasteiger partial charge is 0.348 e. The summed E-state index contributed by atoms with van der Waals surface area (Å²) >= 11 is 1.60. The predicted molar refractivity (Wildman–Crippen MR) is 76.1 cm³/mol. The van der Waals surface area contributed by atoms with Gasteiger partial charge in [-0.05, 0) is 31.4 Å². The quantitative estimate of drug-likeness (QED) is 0.644. The average Bonchev–Trinajstić information content (AvgIpc) is 2.45. The van der Waals surface area contributed by atoms with Gasteiger partial charge in [0.2, 0.25) is 0 Å². The minimum Gasteiger partial charge on any atom is -0.348 e. The van der Waals surface area contributed by atoms with Gasteiger partial charge in [-0.25, -0.2) is 0 Å². The fourth-order valence-corrected chi connectivity index (χ4v) is 2.55. The number of carbonyl (C=O) groups is 1. The van der Waals surface area contributed by atoms with Gasteiger partial charge in [0, 0.05) is 18.0 Å². The number of nitrogens with one attached hydrogen (secondary N) is 2. The minimum atomic E-state index is 0.0133. The maximum atomic E-state index is 12.1. The molecule has 0 fully saturated rings. The molecule has 1 aliphatic rings. The summed E-state index contributed by atoms with van der Waals surface area (Å²) in [7, 11) is 0. The summed E-state index contributed by atoms with van der Waals surface area (Å²) in [6.45, 7) is 2.57. The van der Waals surface area contributed by atoms with Crippen LogP contribution in [0.15, 0.2) is 40.8 Å². The lowest BCUT2D eigenvalue weighted by molar-refractivity contribution is 0.0953. The molecule has 2 rings (SSSR count). The van der Waals surface area contributed by atoms with Crippen LogP contribution < -0.4 is 10.6 Å². The summed E-state index contributed by atoms with van der Waals surface area (Å²) in [5, 5.41) is 6.25. The Morgan fingerprint density at radius 1 is 1.44 bits per heavy atom. The summed E-state index contributed by atoms with van der Waals surface area (Å²) in [4.78, 5) is 13.1. The van der Waals surface area contributed by atoms with Crippen LogP contribution in [0.25, 0.3) is 0 Å².